The third kappa shape index (κ3) is 3.92. The molecule has 7 heteroatoms. The van der Waals surface area contributed by atoms with Crippen molar-refractivity contribution in [1.29, 1.82) is 0 Å². The molecule has 0 saturated heterocycles. The topological polar surface area (TPSA) is 94.5 Å². The molecule has 16 heavy (non-hydrogen) atoms. The van der Waals surface area contributed by atoms with Crippen LogP contribution in [0.3, 0.4) is 0 Å². The molecule has 0 spiro atoms. The van der Waals surface area contributed by atoms with Gasteiger partial charge in [0.05, 0.1) is 5.97 Å². The Kier molecular flexibility index (Phi) is 6.34. The van der Waals surface area contributed by atoms with Gasteiger partial charge in [-0.05, 0) is 24.1 Å². The van der Waals surface area contributed by atoms with E-state index in [0.717, 1.165) is 6.07 Å². The Morgan fingerprint density at radius 2 is 2.00 bits per heavy atom. The molecule has 0 radical (unpaired) electrons. The average Bonchev–Trinajstić information content (AvgIpc) is 2.15. The van der Waals surface area contributed by atoms with Crippen molar-refractivity contribution in [2.24, 2.45) is 0 Å². The van der Waals surface area contributed by atoms with Crippen molar-refractivity contribution in [2.75, 3.05) is 0 Å². The van der Waals surface area contributed by atoms with Crippen molar-refractivity contribution in [3.63, 3.8) is 0 Å². The van der Waals surface area contributed by atoms with E-state index >= 15 is 0 Å². The summed E-state index contributed by atoms with van der Waals surface area (Å²) < 4.78 is 30.4. The van der Waals surface area contributed by atoms with Crippen LogP contribution >= 0.6 is 0 Å². The zero-order chi connectivity index (χ0) is 11.6. The molecule has 1 aromatic carbocycles. The standard InChI is InChI=1S/C9H10O5S.K/c1-2-6-3-4-8(15(12,13)14)7(5-6)9(10)11;/h3-5H,2H2,1H3,(H,10,11)(H,12,13,14);/q;+1/p-1. The smallest absolute Gasteiger partial charge is 0.545 e. The Labute approximate surface area is 136 Å². The van der Waals surface area contributed by atoms with Crippen molar-refractivity contribution in [2.45, 2.75) is 18.2 Å². The van der Waals surface area contributed by atoms with Crippen LogP contribution in [0.1, 0.15) is 22.8 Å². The van der Waals surface area contributed by atoms with Gasteiger partial charge in [0.1, 0.15) is 4.90 Å². The van der Waals surface area contributed by atoms with Crippen LogP contribution in [0.4, 0.5) is 0 Å². The molecule has 1 rings (SSSR count). The number of aryl methyl sites for hydroxylation is 1. The monoisotopic (exact) mass is 268 g/mol. The quantitative estimate of drug-likeness (QED) is 0.462. The molecule has 0 aliphatic rings. The zero-order valence-corrected chi connectivity index (χ0v) is 12.9. The maximum absolute atomic E-state index is 10.8. The molecule has 0 atom stereocenters. The third-order valence-electron chi connectivity index (χ3n) is 1.95. The molecule has 0 unspecified atom stereocenters. The molecule has 0 saturated carbocycles. The van der Waals surface area contributed by atoms with Crippen LogP contribution in [0.15, 0.2) is 23.1 Å². The number of carboxylic acids is 1. The van der Waals surface area contributed by atoms with Gasteiger partial charge in [0.25, 0.3) is 10.1 Å². The SMILES string of the molecule is CCc1ccc(S(=O)(=O)O)c(C(=O)[O-])c1.[K+]. The molecule has 0 aromatic heterocycles. The van der Waals surface area contributed by atoms with Gasteiger partial charge in [0.15, 0.2) is 0 Å². The fourth-order valence-electron chi connectivity index (χ4n) is 1.18. The third-order valence-corrected chi connectivity index (χ3v) is 2.86. The molecule has 0 bridgehead atoms. The molecule has 1 N–H and O–H groups in total. The normalized spacial score (nSPS) is 10.6. The van der Waals surface area contributed by atoms with Gasteiger partial charge in [-0.25, -0.2) is 0 Å². The van der Waals surface area contributed by atoms with E-state index in [0.29, 0.717) is 12.0 Å². The predicted molar refractivity (Wildman–Crippen MR) is 50.0 cm³/mol. The molecule has 0 aliphatic heterocycles. The molecular formula is C9H9KO5S. The van der Waals surface area contributed by atoms with Crippen LogP contribution in [0, 0.1) is 0 Å². The van der Waals surface area contributed by atoms with Crippen LogP contribution in [-0.4, -0.2) is 18.9 Å². The first kappa shape index (κ1) is 16.2. The number of hydrogen-bond acceptors (Lipinski definition) is 4. The van der Waals surface area contributed by atoms with Crippen LogP contribution in [0.25, 0.3) is 0 Å². The maximum Gasteiger partial charge on any atom is 1.00 e. The van der Waals surface area contributed by atoms with Gasteiger partial charge >= 0.3 is 51.4 Å². The molecular weight excluding hydrogens is 259 g/mol. The van der Waals surface area contributed by atoms with Gasteiger partial charge in [0.2, 0.25) is 0 Å². The van der Waals surface area contributed by atoms with Crippen LogP contribution in [-0.2, 0) is 16.5 Å². The molecule has 0 amide bonds. The van der Waals surface area contributed by atoms with E-state index in [1.807, 2.05) is 0 Å². The minimum absolute atomic E-state index is 0. The first-order valence-corrected chi connectivity index (χ1v) is 5.62. The fourth-order valence-corrected chi connectivity index (χ4v) is 1.84. The minimum atomic E-state index is -4.52. The summed E-state index contributed by atoms with van der Waals surface area (Å²) in [6.07, 6.45) is 0.562. The van der Waals surface area contributed by atoms with E-state index in [1.54, 1.807) is 6.92 Å². The molecule has 0 heterocycles. The van der Waals surface area contributed by atoms with Crippen molar-refractivity contribution >= 4 is 16.1 Å². The summed E-state index contributed by atoms with van der Waals surface area (Å²) in [7, 11) is -4.52. The number of carbonyl (C=O) groups excluding carboxylic acids is 1. The number of rotatable bonds is 3. The Hall–Kier alpha value is 0.236. The van der Waals surface area contributed by atoms with E-state index in [4.69, 9.17) is 4.55 Å². The van der Waals surface area contributed by atoms with Crippen molar-refractivity contribution in [3.05, 3.63) is 29.3 Å². The largest absolute Gasteiger partial charge is 1.00 e. The van der Waals surface area contributed by atoms with Gasteiger partial charge in [-0.1, -0.05) is 13.0 Å². The van der Waals surface area contributed by atoms with Gasteiger partial charge in [-0.3, -0.25) is 4.55 Å². The Bertz CT molecular complexity index is 495. The summed E-state index contributed by atoms with van der Waals surface area (Å²) in [6, 6.07) is 3.67. The van der Waals surface area contributed by atoms with Gasteiger partial charge in [0, 0.05) is 5.56 Å². The second-order valence-corrected chi connectivity index (χ2v) is 4.34. The predicted octanol–water partition coefficient (Wildman–Crippen LogP) is -3.14. The number of aromatic carboxylic acids is 1. The Balaban J connectivity index is 0.00000225. The molecule has 82 valence electrons. The molecule has 1 aromatic rings. The van der Waals surface area contributed by atoms with E-state index in [1.165, 1.54) is 12.1 Å². The Morgan fingerprint density at radius 3 is 2.38 bits per heavy atom. The maximum atomic E-state index is 10.8. The number of carbonyl (C=O) groups is 1. The summed E-state index contributed by atoms with van der Waals surface area (Å²) in [5.41, 5.74) is 0.137. The minimum Gasteiger partial charge on any atom is -0.545 e. The average molecular weight is 268 g/mol. The Morgan fingerprint density at radius 1 is 1.44 bits per heavy atom. The molecule has 0 aliphatic carbocycles. The number of benzene rings is 1. The summed E-state index contributed by atoms with van der Waals surface area (Å²) >= 11 is 0. The van der Waals surface area contributed by atoms with E-state index < -0.39 is 26.5 Å². The van der Waals surface area contributed by atoms with E-state index in [2.05, 4.69) is 0 Å². The number of carboxylic acid groups (broad SMARTS) is 1. The van der Waals surface area contributed by atoms with Gasteiger partial charge < -0.3 is 9.90 Å². The first-order chi connectivity index (χ1) is 6.86. The zero-order valence-electron chi connectivity index (χ0n) is 8.93. The van der Waals surface area contributed by atoms with Gasteiger partial charge in [-0.2, -0.15) is 8.42 Å². The second-order valence-electron chi connectivity index (χ2n) is 2.95. The summed E-state index contributed by atoms with van der Waals surface area (Å²) in [5, 5.41) is 10.6. The molecule has 5 nitrogen and oxygen atoms in total. The van der Waals surface area contributed by atoms with Crippen LogP contribution in [0.2, 0.25) is 0 Å². The van der Waals surface area contributed by atoms with E-state index in [-0.39, 0.29) is 51.4 Å². The van der Waals surface area contributed by atoms with Crippen molar-refractivity contribution in [3.8, 4) is 0 Å². The van der Waals surface area contributed by atoms with Gasteiger partial charge in [-0.15, -0.1) is 0 Å². The summed E-state index contributed by atoms with van der Waals surface area (Å²) in [6.45, 7) is 1.79. The number of hydrogen-bond donors (Lipinski definition) is 1. The van der Waals surface area contributed by atoms with Crippen molar-refractivity contribution < 1.29 is 74.3 Å². The second kappa shape index (κ2) is 6.25. The molecule has 0 fully saturated rings. The fraction of sp³-hybridized carbons (Fsp3) is 0.222. The summed E-state index contributed by atoms with van der Waals surface area (Å²) in [5.74, 6) is -1.63. The summed E-state index contributed by atoms with van der Waals surface area (Å²) in [4.78, 5) is 10.0. The van der Waals surface area contributed by atoms with Crippen LogP contribution < -0.4 is 56.5 Å². The van der Waals surface area contributed by atoms with Crippen LogP contribution in [0.5, 0.6) is 0 Å². The first-order valence-electron chi connectivity index (χ1n) is 4.18. The van der Waals surface area contributed by atoms with Crippen molar-refractivity contribution in [1.82, 2.24) is 0 Å². The van der Waals surface area contributed by atoms with E-state index in [9.17, 15) is 18.3 Å².